The largest absolute Gasteiger partial charge is 0.494 e. The molecule has 0 aromatic heterocycles. The third-order valence-corrected chi connectivity index (χ3v) is 3.37. The summed E-state index contributed by atoms with van der Waals surface area (Å²) in [6.45, 7) is 19.3. The van der Waals surface area contributed by atoms with E-state index in [0.717, 1.165) is 5.46 Å². The van der Waals surface area contributed by atoms with E-state index >= 15 is 0 Å². The normalized spacial score (nSPS) is 12.3. The quantitative estimate of drug-likeness (QED) is 0.759. The molecule has 3 heteroatoms. The van der Waals surface area contributed by atoms with E-state index in [2.05, 4.69) is 46.8 Å². The second-order valence-corrected chi connectivity index (χ2v) is 7.48. The van der Waals surface area contributed by atoms with Crippen molar-refractivity contribution < 1.29 is 9.31 Å². The fourth-order valence-electron chi connectivity index (χ4n) is 3.00. The van der Waals surface area contributed by atoms with Crippen LogP contribution in [0.15, 0.2) is 12.1 Å². The maximum Gasteiger partial charge on any atom is 0.494 e. The molecule has 1 aromatic carbocycles. The van der Waals surface area contributed by atoms with Crippen LogP contribution in [0.25, 0.3) is 0 Å². The van der Waals surface area contributed by atoms with Crippen LogP contribution in [-0.4, -0.2) is 19.3 Å². The molecule has 0 saturated heterocycles. The number of aryl methyl sites for hydroxylation is 2. The highest BCUT2D eigenvalue weighted by Gasteiger charge is 2.27. The Labute approximate surface area is 131 Å². The molecule has 0 aliphatic rings. The molecule has 2 nitrogen and oxygen atoms in total. The van der Waals surface area contributed by atoms with Gasteiger partial charge in [0.15, 0.2) is 0 Å². The lowest BCUT2D eigenvalue weighted by atomic mass is 9.72. The summed E-state index contributed by atoms with van der Waals surface area (Å²) in [5, 5.41) is 0. The van der Waals surface area contributed by atoms with E-state index in [0.29, 0.717) is 0 Å². The molecule has 0 aliphatic heterocycles. The van der Waals surface area contributed by atoms with Crippen LogP contribution in [0, 0.1) is 13.8 Å². The van der Waals surface area contributed by atoms with Gasteiger partial charge in [-0.25, -0.2) is 0 Å². The fourth-order valence-corrected chi connectivity index (χ4v) is 3.00. The summed E-state index contributed by atoms with van der Waals surface area (Å²) in [5.74, 6) is 0. The first-order valence-corrected chi connectivity index (χ1v) is 7.95. The molecule has 21 heavy (non-hydrogen) atoms. The van der Waals surface area contributed by atoms with Crippen molar-refractivity contribution in [1.82, 2.24) is 0 Å². The van der Waals surface area contributed by atoms with Crippen molar-refractivity contribution in [3.8, 4) is 0 Å². The van der Waals surface area contributed by atoms with Crippen molar-refractivity contribution in [3.05, 3.63) is 28.8 Å². The molecule has 118 valence electrons. The minimum absolute atomic E-state index is 0.136. The van der Waals surface area contributed by atoms with Gasteiger partial charge < -0.3 is 9.31 Å². The van der Waals surface area contributed by atoms with Gasteiger partial charge in [0.1, 0.15) is 0 Å². The Hall–Kier alpha value is -0.795. The molecule has 0 fully saturated rings. The fraction of sp³-hybridized carbons (Fsp3) is 0.667. The molecule has 0 saturated carbocycles. The summed E-state index contributed by atoms with van der Waals surface area (Å²) in [7, 11) is -0.295. The van der Waals surface area contributed by atoms with Crippen molar-refractivity contribution in [2.75, 3.05) is 0 Å². The lowest BCUT2D eigenvalue weighted by Crippen LogP contribution is -2.41. The van der Waals surface area contributed by atoms with Crippen molar-refractivity contribution in [1.29, 1.82) is 0 Å². The summed E-state index contributed by atoms with van der Waals surface area (Å²) in [4.78, 5) is 0. The SMILES string of the molecule is Cc1cc(B(OC(C)C)OC(C)C)cc(C)c1C(C)(C)C. The van der Waals surface area contributed by atoms with E-state index in [4.69, 9.17) is 9.31 Å². The van der Waals surface area contributed by atoms with Crippen LogP contribution in [0.2, 0.25) is 0 Å². The third-order valence-electron chi connectivity index (χ3n) is 3.37. The zero-order valence-electron chi connectivity index (χ0n) is 15.2. The highest BCUT2D eigenvalue weighted by atomic mass is 16.6. The van der Waals surface area contributed by atoms with E-state index in [-0.39, 0.29) is 24.7 Å². The smallest absolute Gasteiger partial charge is 0.405 e. The van der Waals surface area contributed by atoms with E-state index in [9.17, 15) is 0 Å². The number of rotatable bonds is 5. The van der Waals surface area contributed by atoms with Gasteiger partial charge in [-0.2, -0.15) is 0 Å². The predicted molar refractivity (Wildman–Crippen MR) is 92.4 cm³/mol. The second-order valence-electron chi connectivity index (χ2n) is 7.48. The van der Waals surface area contributed by atoms with E-state index in [1.165, 1.54) is 16.7 Å². The Morgan fingerprint density at radius 1 is 0.857 bits per heavy atom. The lowest BCUT2D eigenvalue weighted by molar-refractivity contribution is 0.139. The van der Waals surface area contributed by atoms with Crippen LogP contribution >= 0.6 is 0 Å². The van der Waals surface area contributed by atoms with Gasteiger partial charge >= 0.3 is 7.12 Å². The third kappa shape index (κ3) is 5.16. The Balaban J connectivity index is 3.22. The van der Waals surface area contributed by atoms with E-state index in [1.54, 1.807) is 0 Å². The molecule has 0 aliphatic carbocycles. The second kappa shape index (κ2) is 6.98. The highest BCUT2D eigenvalue weighted by Crippen LogP contribution is 2.28. The first-order chi connectivity index (χ1) is 9.52. The van der Waals surface area contributed by atoms with Gasteiger partial charge in [0, 0.05) is 12.2 Å². The molecule has 1 aromatic rings. The van der Waals surface area contributed by atoms with E-state index in [1.807, 2.05) is 27.7 Å². The number of hydrogen-bond acceptors (Lipinski definition) is 2. The minimum atomic E-state index is -0.295. The van der Waals surface area contributed by atoms with Gasteiger partial charge in [-0.15, -0.1) is 0 Å². The molecule has 0 N–H and O–H groups in total. The van der Waals surface area contributed by atoms with Crippen LogP contribution in [0.5, 0.6) is 0 Å². The topological polar surface area (TPSA) is 18.5 Å². The molecule has 0 heterocycles. The molecule has 0 atom stereocenters. The van der Waals surface area contributed by atoms with Crippen molar-refractivity contribution in [3.63, 3.8) is 0 Å². The monoisotopic (exact) mass is 290 g/mol. The first kappa shape index (κ1) is 18.3. The van der Waals surface area contributed by atoms with Crippen LogP contribution < -0.4 is 5.46 Å². The van der Waals surface area contributed by atoms with Crippen molar-refractivity contribution in [2.45, 2.75) is 79.9 Å². The molecule has 0 amide bonds. The average molecular weight is 290 g/mol. The van der Waals surface area contributed by atoms with Gasteiger partial charge in [-0.1, -0.05) is 32.9 Å². The Morgan fingerprint density at radius 2 is 1.24 bits per heavy atom. The van der Waals surface area contributed by atoms with Gasteiger partial charge in [0.25, 0.3) is 0 Å². The lowest BCUT2D eigenvalue weighted by Gasteiger charge is -2.27. The Morgan fingerprint density at radius 3 is 1.52 bits per heavy atom. The summed E-state index contributed by atoms with van der Waals surface area (Å²) < 4.78 is 11.9. The molecule has 0 unspecified atom stereocenters. The zero-order valence-corrected chi connectivity index (χ0v) is 15.2. The maximum atomic E-state index is 5.96. The molecular weight excluding hydrogens is 259 g/mol. The van der Waals surface area contributed by atoms with Crippen LogP contribution in [0.4, 0.5) is 0 Å². The summed E-state index contributed by atoms with van der Waals surface area (Å²) in [5.41, 5.74) is 5.30. The van der Waals surface area contributed by atoms with Crippen molar-refractivity contribution >= 4 is 12.6 Å². The molecule has 0 spiro atoms. The molecular formula is C18H31BO2. The van der Waals surface area contributed by atoms with Crippen LogP contribution in [0.1, 0.15) is 65.2 Å². The molecule has 0 radical (unpaired) electrons. The highest BCUT2D eigenvalue weighted by molar-refractivity contribution is 6.61. The average Bonchev–Trinajstić information content (AvgIpc) is 2.23. The van der Waals surface area contributed by atoms with Gasteiger partial charge in [0.05, 0.1) is 0 Å². The number of hydrogen-bond donors (Lipinski definition) is 0. The standard InChI is InChI=1S/C18H31BO2/c1-12(2)20-19(21-13(3)4)16-10-14(5)17(15(6)11-16)18(7,8)9/h10-13H,1-9H3. The summed E-state index contributed by atoms with van der Waals surface area (Å²) in [6, 6.07) is 4.42. The molecule has 1 rings (SSSR count). The Bertz CT molecular complexity index is 440. The van der Waals surface area contributed by atoms with Crippen LogP contribution in [0.3, 0.4) is 0 Å². The zero-order chi connectivity index (χ0) is 16.4. The van der Waals surface area contributed by atoms with Gasteiger partial charge in [0.2, 0.25) is 0 Å². The van der Waals surface area contributed by atoms with E-state index < -0.39 is 0 Å². The Kier molecular flexibility index (Phi) is 6.06. The van der Waals surface area contributed by atoms with Crippen molar-refractivity contribution in [2.24, 2.45) is 0 Å². The summed E-state index contributed by atoms with van der Waals surface area (Å²) in [6.07, 6.45) is 0.272. The number of benzene rings is 1. The van der Waals surface area contributed by atoms with Crippen LogP contribution in [-0.2, 0) is 14.7 Å². The predicted octanol–water partition coefficient (Wildman–Crippen LogP) is 4.15. The maximum absolute atomic E-state index is 5.96. The minimum Gasteiger partial charge on any atom is -0.405 e. The first-order valence-electron chi connectivity index (χ1n) is 7.95. The van der Waals surface area contributed by atoms with Gasteiger partial charge in [-0.3, -0.25) is 0 Å². The molecule has 0 bridgehead atoms. The summed E-state index contributed by atoms with van der Waals surface area (Å²) >= 11 is 0. The van der Waals surface area contributed by atoms with Gasteiger partial charge in [-0.05, 0) is 69.1 Å².